The lowest BCUT2D eigenvalue weighted by Crippen LogP contribution is -2.08. The monoisotopic (exact) mass is 368 g/mol. The minimum Gasteiger partial charge on any atom is -0.478 e. The highest BCUT2D eigenvalue weighted by molar-refractivity contribution is 6.30. The van der Waals surface area contributed by atoms with Gasteiger partial charge in [0, 0.05) is 23.5 Å². The molecule has 0 aliphatic carbocycles. The number of benzene rings is 2. The van der Waals surface area contributed by atoms with Gasteiger partial charge in [-0.2, -0.15) is 4.98 Å². The summed E-state index contributed by atoms with van der Waals surface area (Å²) in [6.07, 6.45) is 2.49. The zero-order valence-corrected chi connectivity index (χ0v) is 14.6. The number of nitrogens with zero attached hydrogens (tertiary/aromatic N) is 2. The number of aromatic nitrogens is 2. The van der Waals surface area contributed by atoms with Crippen LogP contribution in [-0.4, -0.2) is 27.6 Å². The maximum atomic E-state index is 10.9. The fraction of sp³-hybridized carbons (Fsp3) is 0.105. The number of anilines is 3. The Morgan fingerprint density at radius 1 is 1.04 bits per heavy atom. The molecule has 6 nitrogen and oxygen atoms in total. The molecule has 3 aromatic rings. The molecule has 26 heavy (non-hydrogen) atoms. The summed E-state index contributed by atoms with van der Waals surface area (Å²) in [7, 11) is 0. The van der Waals surface area contributed by atoms with Crippen LogP contribution in [0.5, 0.6) is 0 Å². The zero-order valence-electron chi connectivity index (χ0n) is 13.8. The van der Waals surface area contributed by atoms with Gasteiger partial charge in [-0.15, -0.1) is 0 Å². The predicted octanol–water partition coefficient (Wildman–Crippen LogP) is 4.23. The van der Waals surface area contributed by atoms with Gasteiger partial charge in [0.05, 0.1) is 5.56 Å². The van der Waals surface area contributed by atoms with Crippen LogP contribution in [0.1, 0.15) is 15.9 Å². The summed E-state index contributed by atoms with van der Waals surface area (Å²) in [6, 6.07) is 15.9. The third kappa shape index (κ3) is 4.94. The van der Waals surface area contributed by atoms with E-state index in [1.54, 1.807) is 24.4 Å². The average molecular weight is 369 g/mol. The Bertz CT molecular complexity index is 883. The van der Waals surface area contributed by atoms with Crippen LogP contribution in [0.2, 0.25) is 5.02 Å². The first-order valence-electron chi connectivity index (χ1n) is 8.02. The number of carboxylic acid groups (broad SMARTS) is 1. The number of aromatic carboxylic acids is 1. The van der Waals surface area contributed by atoms with Crippen LogP contribution >= 0.6 is 11.6 Å². The molecule has 0 saturated heterocycles. The smallest absolute Gasteiger partial charge is 0.335 e. The molecule has 0 radical (unpaired) electrons. The highest BCUT2D eigenvalue weighted by Crippen LogP contribution is 2.16. The molecule has 2 aromatic carbocycles. The number of carbonyl (C=O) groups is 1. The van der Waals surface area contributed by atoms with E-state index in [9.17, 15) is 4.79 Å². The van der Waals surface area contributed by atoms with Crippen LogP contribution in [0.3, 0.4) is 0 Å². The van der Waals surface area contributed by atoms with Crippen LogP contribution in [0.25, 0.3) is 0 Å². The van der Waals surface area contributed by atoms with Crippen LogP contribution in [0, 0.1) is 0 Å². The quantitative estimate of drug-likeness (QED) is 0.578. The molecule has 3 N–H and O–H groups in total. The van der Waals surface area contributed by atoms with Crippen molar-refractivity contribution in [1.29, 1.82) is 0 Å². The molecule has 7 heteroatoms. The minimum atomic E-state index is -0.953. The van der Waals surface area contributed by atoms with Crippen molar-refractivity contribution >= 4 is 35.0 Å². The van der Waals surface area contributed by atoms with E-state index in [1.165, 1.54) is 17.7 Å². The van der Waals surface area contributed by atoms with Crippen LogP contribution < -0.4 is 10.6 Å². The van der Waals surface area contributed by atoms with Crippen molar-refractivity contribution in [3.8, 4) is 0 Å². The summed E-state index contributed by atoms with van der Waals surface area (Å²) in [6.45, 7) is 0.693. The topological polar surface area (TPSA) is 87.1 Å². The summed E-state index contributed by atoms with van der Waals surface area (Å²) < 4.78 is 0. The molecule has 1 heterocycles. The van der Waals surface area contributed by atoms with Crippen LogP contribution in [0.15, 0.2) is 60.8 Å². The molecule has 0 aliphatic heterocycles. The molecule has 0 saturated carbocycles. The second-order valence-electron chi connectivity index (χ2n) is 5.58. The Hall–Kier alpha value is -3.12. The van der Waals surface area contributed by atoms with E-state index in [2.05, 4.69) is 20.6 Å². The van der Waals surface area contributed by atoms with Gasteiger partial charge in [-0.3, -0.25) is 0 Å². The highest BCUT2D eigenvalue weighted by Gasteiger charge is 2.03. The summed E-state index contributed by atoms with van der Waals surface area (Å²) in [5.74, 6) is 0.189. The van der Waals surface area contributed by atoms with E-state index in [4.69, 9.17) is 16.7 Å². The van der Waals surface area contributed by atoms with Gasteiger partial charge < -0.3 is 15.7 Å². The molecule has 0 spiro atoms. The largest absolute Gasteiger partial charge is 0.478 e. The van der Waals surface area contributed by atoms with Gasteiger partial charge in [0.2, 0.25) is 5.95 Å². The van der Waals surface area contributed by atoms with Gasteiger partial charge in [0.15, 0.2) is 0 Å². The number of hydrogen-bond acceptors (Lipinski definition) is 5. The van der Waals surface area contributed by atoms with Crippen molar-refractivity contribution in [3.05, 3.63) is 76.9 Å². The maximum absolute atomic E-state index is 10.9. The van der Waals surface area contributed by atoms with Gasteiger partial charge >= 0.3 is 5.97 Å². The highest BCUT2D eigenvalue weighted by atomic mass is 35.5. The standard InChI is InChI=1S/C19H17ClN4O2/c20-15-5-1-13(2-6-15)9-11-21-19-22-12-10-17(24-19)23-16-7-3-14(4-8-16)18(25)26/h1-8,10,12H,9,11H2,(H,25,26)(H2,21,22,23,24). The molecule has 0 bridgehead atoms. The molecule has 1 aromatic heterocycles. The Labute approximate surface area is 155 Å². The third-order valence-electron chi connectivity index (χ3n) is 3.67. The van der Waals surface area contributed by atoms with Crippen LogP contribution in [-0.2, 0) is 6.42 Å². The van der Waals surface area contributed by atoms with Crippen molar-refractivity contribution in [1.82, 2.24) is 9.97 Å². The number of halogens is 1. The molecule has 132 valence electrons. The van der Waals surface area contributed by atoms with Gasteiger partial charge in [-0.25, -0.2) is 9.78 Å². The van der Waals surface area contributed by atoms with E-state index < -0.39 is 5.97 Å². The Morgan fingerprint density at radius 3 is 2.46 bits per heavy atom. The van der Waals surface area contributed by atoms with E-state index in [-0.39, 0.29) is 5.56 Å². The molecule has 0 atom stereocenters. The SMILES string of the molecule is O=C(O)c1ccc(Nc2ccnc(NCCc3ccc(Cl)cc3)n2)cc1. The lowest BCUT2D eigenvalue weighted by Gasteiger charge is -2.09. The molecular formula is C19H17ClN4O2. The number of hydrogen-bond donors (Lipinski definition) is 3. The first-order chi connectivity index (χ1) is 12.6. The number of carboxylic acids is 1. The van der Waals surface area contributed by atoms with Gasteiger partial charge in [0.25, 0.3) is 0 Å². The molecule has 0 unspecified atom stereocenters. The fourth-order valence-corrected chi connectivity index (χ4v) is 2.45. The second kappa shape index (κ2) is 8.31. The second-order valence-corrected chi connectivity index (χ2v) is 6.01. The molecular weight excluding hydrogens is 352 g/mol. The van der Waals surface area contributed by atoms with E-state index in [1.807, 2.05) is 24.3 Å². The van der Waals surface area contributed by atoms with Crippen molar-refractivity contribution in [2.24, 2.45) is 0 Å². The van der Waals surface area contributed by atoms with Crippen molar-refractivity contribution in [3.63, 3.8) is 0 Å². The fourth-order valence-electron chi connectivity index (χ4n) is 2.33. The van der Waals surface area contributed by atoms with Crippen molar-refractivity contribution in [2.45, 2.75) is 6.42 Å². The lowest BCUT2D eigenvalue weighted by atomic mass is 10.1. The molecule has 0 aliphatic rings. The number of rotatable bonds is 7. The maximum Gasteiger partial charge on any atom is 0.335 e. The summed E-state index contributed by atoms with van der Waals surface area (Å²) >= 11 is 5.88. The Morgan fingerprint density at radius 2 is 1.77 bits per heavy atom. The molecule has 3 rings (SSSR count). The number of nitrogens with one attached hydrogen (secondary N) is 2. The van der Waals surface area contributed by atoms with Gasteiger partial charge in [-0.1, -0.05) is 23.7 Å². The van der Waals surface area contributed by atoms with Crippen LogP contribution in [0.4, 0.5) is 17.5 Å². The van der Waals surface area contributed by atoms with Crippen molar-refractivity contribution in [2.75, 3.05) is 17.2 Å². The van der Waals surface area contributed by atoms with E-state index in [0.717, 1.165) is 17.1 Å². The minimum absolute atomic E-state index is 0.239. The first kappa shape index (κ1) is 17.7. The first-order valence-corrected chi connectivity index (χ1v) is 8.40. The Balaban J connectivity index is 1.57. The third-order valence-corrected chi connectivity index (χ3v) is 3.92. The summed E-state index contributed by atoms with van der Waals surface area (Å²) in [4.78, 5) is 19.5. The average Bonchev–Trinajstić information content (AvgIpc) is 2.64. The van der Waals surface area contributed by atoms with E-state index >= 15 is 0 Å². The van der Waals surface area contributed by atoms with E-state index in [0.29, 0.717) is 18.3 Å². The lowest BCUT2D eigenvalue weighted by molar-refractivity contribution is 0.0697. The summed E-state index contributed by atoms with van der Waals surface area (Å²) in [5.41, 5.74) is 2.17. The molecule has 0 fully saturated rings. The molecule has 0 amide bonds. The summed E-state index contributed by atoms with van der Waals surface area (Å²) in [5, 5.41) is 16.0. The zero-order chi connectivity index (χ0) is 18.4. The Kier molecular flexibility index (Phi) is 5.66. The normalized spacial score (nSPS) is 10.3. The van der Waals surface area contributed by atoms with Gasteiger partial charge in [-0.05, 0) is 54.4 Å². The predicted molar refractivity (Wildman–Crippen MR) is 102 cm³/mol. The van der Waals surface area contributed by atoms with Gasteiger partial charge in [0.1, 0.15) is 5.82 Å². The van der Waals surface area contributed by atoms with Crippen molar-refractivity contribution < 1.29 is 9.90 Å².